The van der Waals surface area contributed by atoms with Gasteiger partial charge in [0, 0.05) is 31.2 Å². The van der Waals surface area contributed by atoms with E-state index in [9.17, 15) is 18.0 Å². The molecule has 168 valence electrons. The zero-order chi connectivity index (χ0) is 22.6. The van der Waals surface area contributed by atoms with Crippen LogP contribution in [0.1, 0.15) is 16.2 Å². The number of hydrogen-bond acceptors (Lipinski definition) is 8. The van der Waals surface area contributed by atoms with Gasteiger partial charge in [0.15, 0.2) is 10.9 Å². The highest BCUT2D eigenvalue weighted by atomic mass is 32.2. The van der Waals surface area contributed by atoms with Gasteiger partial charge in [0.25, 0.3) is 5.91 Å². The van der Waals surface area contributed by atoms with E-state index < -0.39 is 6.36 Å². The van der Waals surface area contributed by atoms with Gasteiger partial charge in [-0.25, -0.2) is 14.6 Å². The molecule has 0 saturated carbocycles. The number of ether oxygens (including phenoxy) is 2. The van der Waals surface area contributed by atoms with Crippen LogP contribution in [0.3, 0.4) is 0 Å². The van der Waals surface area contributed by atoms with Crippen LogP contribution in [-0.4, -0.2) is 68.4 Å². The third kappa shape index (κ3) is 5.34. The van der Waals surface area contributed by atoms with Crippen LogP contribution >= 0.6 is 11.8 Å². The van der Waals surface area contributed by atoms with Crippen molar-refractivity contribution < 1.29 is 27.4 Å². The number of thioether (sulfide) groups is 1. The van der Waals surface area contributed by atoms with E-state index in [0.717, 1.165) is 0 Å². The first-order valence-electron chi connectivity index (χ1n) is 9.48. The fourth-order valence-corrected chi connectivity index (χ4v) is 3.80. The summed E-state index contributed by atoms with van der Waals surface area (Å²) >= 11 is 1.28. The van der Waals surface area contributed by atoms with Crippen LogP contribution in [0.2, 0.25) is 0 Å². The van der Waals surface area contributed by atoms with E-state index in [-0.39, 0.29) is 23.1 Å². The zero-order valence-electron chi connectivity index (χ0n) is 16.5. The van der Waals surface area contributed by atoms with E-state index in [2.05, 4.69) is 25.0 Å². The molecular weight excluding hydrogens is 449 g/mol. The summed E-state index contributed by atoms with van der Waals surface area (Å²) in [6.07, 6.45) is -1.59. The van der Waals surface area contributed by atoms with Gasteiger partial charge in [-0.1, -0.05) is 17.0 Å². The summed E-state index contributed by atoms with van der Waals surface area (Å²) in [6.45, 7) is 1.73. The van der Waals surface area contributed by atoms with E-state index in [4.69, 9.17) is 4.74 Å². The van der Waals surface area contributed by atoms with Crippen LogP contribution in [0.15, 0.2) is 47.9 Å². The Kier molecular flexibility index (Phi) is 6.55. The number of aromatic nitrogens is 5. The monoisotopic (exact) mass is 466 g/mol. The van der Waals surface area contributed by atoms with Gasteiger partial charge < -0.3 is 14.4 Å². The molecule has 1 aliphatic heterocycles. The maximum atomic E-state index is 13.1. The second kappa shape index (κ2) is 9.53. The Bertz CT molecular complexity index is 1060. The molecule has 0 atom stereocenters. The van der Waals surface area contributed by atoms with Crippen molar-refractivity contribution >= 4 is 17.7 Å². The van der Waals surface area contributed by atoms with Gasteiger partial charge in [-0.3, -0.25) is 4.79 Å². The Morgan fingerprint density at radius 1 is 1.12 bits per heavy atom. The largest absolute Gasteiger partial charge is 0.573 e. The maximum Gasteiger partial charge on any atom is 0.573 e. The second-order valence-electron chi connectivity index (χ2n) is 6.56. The van der Waals surface area contributed by atoms with Crippen LogP contribution in [-0.2, 0) is 10.5 Å². The minimum atomic E-state index is -4.79. The van der Waals surface area contributed by atoms with Crippen molar-refractivity contribution in [1.82, 2.24) is 29.9 Å². The lowest BCUT2D eigenvalue weighted by Gasteiger charge is -2.26. The first kappa shape index (κ1) is 22.0. The van der Waals surface area contributed by atoms with Crippen molar-refractivity contribution in [1.29, 1.82) is 0 Å². The molecule has 32 heavy (non-hydrogen) atoms. The Morgan fingerprint density at radius 2 is 1.81 bits per heavy atom. The van der Waals surface area contributed by atoms with Gasteiger partial charge in [-0.05, 0) is 30.3 Å². The van der Waals surface area contributed by atoms with Gasteiger partial charge in [0.2, 0.25) is 0 Å². The molecule has 1 fully saturated rings. The number of alkyl halides is 3. The summed E-state index contributed by atoms with van der Waals surface area (Å²) in [4.78, 5) is 23.0. The van der Waals surface area contributed by atoms with E-state index in [0.29, 0.717) is 42.8 Å². The summed E-state index contributed by atoms with van der Waals surface area (Å²) < 4.78 is 48.0. The highest BCUT2D eigenvalue weighted by molar-refractivity contribution is 7.98. The van der Waals surface area contributed by atoms with Crippen molar-refractivity contribution in [2.24, 2.45) is 0 Å². The predicted molar refractivity (Wildman–Crippen MR) is 106 cm³/mol. The SMILES string of the molecule is O=C(c1nnn(-c2ccc(OC(F)(F)F)cc2)c1CSc1ncccn1)N1CCOCC1. The number of hydrogen-bond donors (Lipinski definition) is 0. The van der Waals surface area contributed by atoms with Crippen molar-refractivity contribution in [3.05, 3.63) is 54.1 Å². The normalized spacial score (nSPS) is 14.4. The highest BCUT2D eigenvalue weighted by Gasteiger charge is 2.31. The first-order chi connectivity index (χ1) is 15.4. The molecule has 1 aliphatic rings. The maximum absolute atomic E-state index is 13.1. The van der Waals surface area contributed by atoms with Gasteiger partial charge in [0.05, 0.1) is 24.6 Å². The predicted octanol–water partition coefficient (Wildman–Crippen LogP) is 2.72. The van der Waals surface area contributed by atoms with Gasteiger partial charge >= 0.3 is 6.36 Å². The molecule has 0 N–H and O–H groups in total. The van der Waals surface area contributed by atoms with Crippen molar-refractivity contribution in [2.75, 3.05) is 26.3 Å². The number of carbonyl (C=O) groups excluding carboxylic acids is 1. The molecule has 1 aromatic carbocycles. The fraction of sp³-hybridized carbons (Fsp3) is 0.316. The molecule has 0 aliphatic carbocycles. The molecule has 0 unspecified atom stereocenters. The Hall–Kier alpha value is -3.19. The smallest absolute Gasteiger partial charge is 0.406 e. The van der Waals surface area contributed by atoms with Gasteiger partial charge in [0.1, 0.15) is 5.75 Å². The number of benzene rings is 1. The summed E-state index contributed by atoms with van der Waals surface area (Å²) in [5, 5.41) is 8.67. The molecule has 3 aromatic rings. The Labute approximate surface area is 184 Å². The molecule has 1 amide bonds. The molecule has 0 bridgehead atoms. The molecule has 0 spiro atoms. The highest BCUT2D eigenvalue weighted by Crippen LogP contribution is 2.26. The fourth-order valence-electron chi connectivity index (χ4n) is 3.00. The van der Waals surface area contributed by atoms with Crippen molar-refractivity contribution in [3.8, 4) is 11.4 Å². The number of morpholine rings is 1. The lowest BCUT2D eigenvalue weighted by Crippen LogP contribution is -2.41. The van der Waals surface area contributed by atoms with E-state index >= 15 is 0 Å². The van der Waals surface area contributed by atoms with Gasteiger partial charge in [-0.2, -0.15) is 0 Å². The van der Waals surface area contributed by atoms with Crippen molar-refractivity contribution in [2.45, 2.75) is 17.3 Å². The third-order valence-corrected chi connectivity index (χ3v) is 5.35. The van der Waals surface area contributed by atoms with E-state index in [1.807, 2.05) is 0 Å². The molecule has 2 aromatic heterocycles. The quantitative estimate of drug-likeness (QED) is 0.404. The Balaban J connectivity index is 1.63. The minimum Gasteiger partial charge on any atom is -0.406 e. The summed E-state index contributed by atoms with van der Waals surface area (Å²) in [7, 11) is 0. The van der Waals surface area contributed by atoms with Crippen LogP contribution in [0.5, 0.6) is 5.75 Å². The van der Waals surface area contributed by atoms with Crippen LogP contribution in [0, 0.1) is 0 Å². The standard InChI is InChI=1S/C19H17F3N6O3S/c20-19(21,22)31-14-4-2-13(3-5-14)28-15(12-32-18-23-6-1-7-24-18)16(25-26-28)17(29)27-8-10-30-11-9-27/h1-7H,8-12H2. The summed E-state index contributed by atoms with van der Waals surface area (Å²) in [5.74, 6) is -0.385. The number of amides is 1. The average molecular weight is 466 g/mol. The molecule has 13 heteroatoms. The molecule has 3 heterocycles. The average Bonchev–Trinajstić information content (AvgIpc) is 3.22. The van der Waals surface area contributed by atoms with Crippen LogP contribution < -0.4 is 4.74 Å². The summed E-state index contributed by atoms with van der Waals surface area (Å²) in [5.41, 5.74) is 1.06. The Morgan fingerprint density at radius 3 is 2.47 bits per heavy atom. The minimum absolute atomic E-state index is 0.158. The zero-order valence-corrected chi connectivity index (χ0v) is 17.3. The number of carbonyl (C=O) groups is 1. The molecule has 4 rings (SSSR count). The lowest BCUT2D eigenvalue weighted by atomic mass is 10.2. The molecule has 9 nitrogen and oxygen atoms in total. The number of halogens is 3. The summed E-state index contributed by atoms with van der Waals surface area (Å²) in [6, 6.07) is 6.85. The van der Waals surface area contributed by atoms with Crippen molar-refractivity contribution in [3.63, 3.8) is 0 Å². The molecular formula is C19H17F3N6O3S. The topological polar surface area (TPSA) is 95.3 Å². The van der Waals surface area contributed by atoms with E-state index in [1.54, 1.807) is 23.4 Å². The van der Waals surface area contributed by atoms with Gasteiger partial charge in [-0.15, -0.1) is 18.3 Å². The third-order valence-electron chi connectivity index (χ3n) is 4.46. The number of rotatable bonds is 6. The first-order valence-corrected chi connectivity index (χ1v) is 10.5. The van der Waals surface area contributed by atoms with Crippen LogP contribution in [0.4, 0.5) is 13.2 Å². The second-order valence-corrected chi connectivity index (χ2v) is 7.51. The van der Waals surface area contributed by atoms with E-state index in [1.165, 1.54) is 40.7 Å². The number of nitrogens with zero attached hydrogens (tertiary/aromatic N) is 6. The lowest BCUT2D eigenvalue weighted by molar-refractivity contribution is -0.274. The van der Waals surface area contributed by atoms with Crippen LogP contribution in [0.25, 0.3) is 5.69 Å². The molecule has 0 radical (unpaired) electrons. The molecule has 1 saturated heterocycles.